The topological polar surface area (TPSA) is 89.5 Å². The van der Waals surface area contributed by atoms with Crippen molar-refractivity contribution in [2.45, 2.75) is 25.3 Å². The minimum atomic E-state index is -3.60. The Morgan fingerprint density at radius 1 is 1.06 bits per heavy atom. The summed E-state index contributed by atoms with van der Waals surface area (Å²) in [7, 11) is -3.60. The van der Waals surface area contributed by atoms with Gasteiger partial charge in [-0.2, -0.15) is 0 Å². The highest BCUT2D eigenvalue weighted by atomic mass is 32.2. The first-order valence-corrected chi connectivity index (χ1v) is 13.0. The van der Waals surface area contributed by atoms with E-state index in [1.165, 1.54) is 28.4 Å². The van der Waals surface area contributed by atoms with Crippen molar-refractivity contribution in [3.63, 3.8) is 0 Å². The maximum Gasteiger partial charge on any atom is 0.261 e. The zero-order chi connectivity index (χ0) is 23.4. The summed E-state index contributed by atoms with van der Waals surface area (Å²) in [4.78, 5) is 24.3. The Morgan fingerprint density at radius 3 is 2.58 bits per heavy atom. The molecule has 0 unspecified atom stereocenters. The second-order valence-corrected chi connectivity index (χ2v) is 10.4. The molecule has 0 saturated carbocycles. The molecule has 2 aromatic heterocycles. The van der Waals surface area contributed by atoms with Gasteiger partial charge in [-0.05, 0) is 49.4 Å². The van der Waals surface area contributed by atoms with Crippen molar-refractivity contribution in [1.82, 2.24) is 9.97 Å². The Labute approximate surface area is 196 Å². The van der Waals surface area contributed by atoms with Crippen LogP contribution < -0.4 is 9.64 Å². The van der Waals surface area contributed by atoms with Gasteiger partial charge in [-0.25, -0.2) is 13.4 Å². The number of amides is 1. The molecule has 0 atom stereocenters. The summed E-state index contributed by atoms with van der Waals surface area (Å²) in [5, 5.41) is 0.456. The van der Waals surface area contributed by atoms with E-state index in [4.69, 9.17) is 4.74 Å². The van der Waals surface area contributed by atoms with Gasteiger partial charge in [-0.15, -0.1) is 0 Å². The molecule has 0 N–H and O–H groups in total. The highest BCUT2D eigenvalue weighted by Crippen LogP contribution is 2.33. The number of ether oxygens (including phenoxy) is 1. The van der Waals surface area contributed by atoms with Crippen LogP contribution in [0.15, 0.2) is 71.8 Å². The van der Waals surface area contributed by atoms with E-state index in [1.54, 1.807) is 31.3 Å². The van der Waals surface area contributed by atoms with E-state index in [2.05, 4.69) is 9.97 Å². The Hall–Kier alpha value is -3.30. The Morgan fingerprint density at radius 2 is 1.85 bits per heavy atom. The van der Waals surface area contributed by atoms with E-state index < -0.39 is 15.7 Å². The van der Waals surface area contributed by atoms with E-state index in [1.807, 2.05) is 37.3 Å². The number of carbonyl (C=O) groups is 1. The molecule has 0 aliphatic heterocycles. The average molecular weight is 482 g/mol. The molecule has 0 saturated heterocycles. The molecule has 0 aliphatic rings. The van der Waals surface area contributed by atoms with Gasteiger partial charge in [0.25, 0.3) is 5.91 Å². The zero-order valence-electron chi connectivity index (χ0n) is 18.3. The molecule has 2 aromatic carbocycles. The maximum absolute atomic E-state index is 13.8. The van der Waals surface area contributed by atoms with Crippen molar-refractivity contribution >= 4 is 42.4 Å². The van der Waals surface area contributed by atoms with Crippen molar-refractivity contribution in [2.24, 2.45) is 0 Å². The van der Waals surface area contributed by atoms with Gasteiger partial charge in [0.2, 0.25) is 0 Å². The molecule has 0 spiro atoms. The fourth-order valence-corrected chi connectivity index (χ4v) is 5.44. The minimum Gasteiger partial charge on any atom is -0.494 e. The minimum absolute atomic E-state index is 0.0169. The summed E-state index contributed by atoms with van der Waals surface area (Å²) in [5.74, 6) is 0.179. The van der Waals surface area contributed by atoms with Crippen LogP contribution in [0.3, 0.4) is 0 Å². The second kappa shape index (κ2) is 9.68. The second-order valence-electron chi connectivity index (χ2n) is 7.17. The van der Waals surface area contributed by atoms with E-state index >= 15 is 0 Å². The van der Waals surface area contributed by atoms with E-state index in [-0.39, 0.29) is 22.8 Å². The van der Waals surface area contributed by atoms with Crippen LogP contribution in [-0.4, -0.2) is 36.7 Å². The number of benzene rings is 2. The van der Waals surface area contributed by atoms with Crippen molar-refractivity contribution in [3.05, 3.63) is 78.1 Å². The highest BCUT2D eigenvalue weighted by molar-refractivity contribution is 7.91. The largest absolute Gasteiger partial charge is 0.494 e. The number of anilines is 1. The molecule has 2 heterocycles. The van der Waals surface area contributed by atoms with Gasteiger partial charge >= 0.3 is 0 Å². The van der Waals surface area contributed by atoms with Crippen LogP contribution in [0.25, 0.3) is 10.2 Å². The van der Waals surface area contributed by atoms with Crippen LogP contribution in [0, 0.1) is 0 Å². The number of sulfone groups is 1. The SMILES string of the molecule is CCOc1ccc2nc(N(Cc3ccccn3)C(=O)c3ccccc3S(=O)(=O)CC)sc2c1. The summed E-state index contributed by atoms with van der Waals surface area (Å²) >= 11 is 1.34. The zero-order valence-corrected chi connectivity index (χ0v) is 19.9. The number of fused-ring (bicyclic) bond motifs is 1. The monoisotopic (exact) mass is 481 g/mol. The third-order valence-electron chi connectivity index (χ3n) is 5.01. The molecule has 7 nitrogen and oxygen atoms in total. The first-order valence-electron chi connectivity index (χ1n) is 10.5. The lowest BCUT2D eigenvalue weighted by molar-refractivity contribution is 0.0981. The standard InChI is InChI=1S/C24H23N3O4S2/c1-3-31-18-12-13-20-21(15-18)32-24(26-20)27(16-17-9-7-8-14-25-17)23(28)19-10-5-6-11-22(19)33(29,30)4-2/h5-15H,3-4,16H2,1-2H3. The van der Waals surface area contributed by atoms with Crippen molar-refractivity contribution < 1.29 is 17.9 Å². The summed E-state index contributed by atoms with van der Waals surface area (Å²) in [6.45, 7) is 4.17. The smallest absolute Gasteiger partial charge is 0.261 e. The third kappa shape index (κ3) is 4.89. The number of aromatic nitrogens is 2. The number of hydrogen-bond acceptors (Lipinski definition) is 7. The third-order valence-corrected chi connectivity index (χ3v) is 7.84. The molecule has 170 valence electrons. The Balaban J connectivity index is 1.82. The van der Waals surface area contributed by atoms with E-state index in [0.717, 1.165) is 16.0 Å². The molecular weight excluding hydrogens is 458 g/mol. The van der Waals surface area contributed by atoms with Crippen LogP contribution in [0.1, 0.15) is 29.9 Å². The Kier molecular flexibility index (Phi) is 6.71. The lowest BCUT2D eigenvalue weighted by atomic mass is 10.2. The molecular formula is C24H23N3O4S2. The number of rotatable bonds is 8. The molecule has 4 rings (SSSR count). The molecule has 0 bridgehead atoms. The van der Waals surface area contributed by atoms with Crippen molar-refractivity contribution in [1.29, 1.82) is 0 Å². The quantitative estimate of drug-likeness (QED) is 0.361. The predicted molar refractivity (Wildman–Crippen MR) is 130 cm³/mol. The first-order chi connectivity index (χ1) is 15.9. The highest BCUT2D eigenvalue weighted by Gasteiger charge is 2.27. The molecule has 4 aromatic rings. The number of pyridine rings is 1. The predicted octanol–water partition coefficient (Wildman–Crippen LogP) is 4.73. The molecule has 0 radical (unpaired) electrons. The molecule has 0 fully saturated rings. The maximum atomic E-state index is 13.8. The molecule has 0 aliphatic carbocycles. The lowest BCUT2D eigenvalue weighted by Gasteiger charge is -2.21. The van der Waals surface area contributed by atoms with Crippen LogP contribution >= 0.6 is 11.3 Å². The average Bonchev–Trinajstić information content (AvgIpc) is 3.26. The molecule has 33 heavy (non-hydrogen) atoms. The summed E-state index contributed by atoms with van der Waals surface area (Å²) in [5.41, 5.74) is 1.51. The Bertz CT molecular complexity index is 1390. The van der Waals surface area contributed by atoms with E-state index in [0.29, 0.717) is 17.4 Å². The summed E-state index contributed by atoms with van der Waals surface area (Å²) in [6, 6.07) is 17.3. The molecule has 1 amide bonds. The van der Waals surface area contributed by atoms with Gasteiger partial charge < -0.3 is 4.74 Å². The number of carbonyl (C=O) groups excluding carboxylic acids is 1. The normalized spacial score (nSPS) is 11.5. The van der Waals surface area contributed by atoms with Gasteiger partial charge in [0.15, 0.2) is 15.0 Å². The van der Waals surface area contributed by atoms with Crippen LogP contribution in [0.4, 0.5) is 5.13 Å². The first kappa shape index (κ1) is 22.9. The number of nitrogens with zero attached hydrogens (tertiary/aromatic N) is 3. The van der Waals surface area contributed by atoms with Crippen molar-refractivity contribution in [2.75, 3.05) is 17.3 Å². The van der Waals surface area contributed by atoms with Crippen LogP contribution in [0.2, 0.25) is 0 Å². The van der Waals surface area contributed by atoms with Gasteiger partial charge in [0, 0.05) is 6.20 Å². The van der Waals surface area contributed by atoms with Crippen molar-refractivity contribution in [3.8, 4) is 5.75 Å². The van der Waals surface area contributed by atoms with E-state index in [9.17, 15) is 13.2 Å². The molecule has 9 heteroatoms. The summed E-state index contributed by atoms with van der Waals surface area (Å²) < 4.78 is 31.8. The van der Waals surface area contributed by atoms with Gasteiger partial charge in [0.1, 0.15) is 5.75 Å². The van der Waals surface area contributed by atoms with Crippen LogP contribution in [0.5, 0.6) is 5.75 Å². The fourth-order valence-electron chi connectivity index (χ4n) is 3.36. The fraction of sp³-hybridized carbons (Fsp3) is 0.208. The van der Waals surface area contributed by atoms with Gasteiger partial charge in [0.05, 0.1) is 45.3 Å². The van der Waals surface area contributed by atoms with Gasteiger partial charge in [-0.3, -0.25) is 14.7 Å². The van der Waals surface area contributed by atoms with Gasteiger partial charge in [-0.1, -0.05) is 36.5 Å². The van der Waals surface area contributed by atoms with Crippen LogP contribution in [-0.2, 0) is 16.4 Å². The number of hydrogen-bond donors (Lipinski definition) is 0. The summed E-state index contributed by atoms with van der Waals surface area (Å²) in [6.07, 6.45) is 1.65. The number of thiazole rings is 1. The lowest BCUT2D eigenvalue weighted by Crippen LogP contribution is -2.32.